The van der Waals surface area contributed by atoms with Gasteiger partial charge >= 0.3 is 6.36 Å². The minimum Gasteiger partial charge on any atom is -0.406 e. The molecule has 1 N–H and O–H groups in total. The van der Waals surface area contributed by atoms with Crippen LogP contribution < -0.4 is 10.3 Å². The van der Waals surface area contributed by atoms with Crippen molar-refractivity contribution in [3.63, 3.8) is 0 Å². The average Bonchev–Trinajstić information content (AvgIpc) is 3.07. The maximum atomic E-state index is 13.4. The largest absolute Gasteiger partial charge is 0.573 e. The van der Waals surface area contributed by atoms with Crippen LogP contribution in [0.3, 0.4) is 0 Å². The van der Waals surface area contributed by atoms with Crippen molar-refractivity contribution >= 4 is 33.7 Å². The molecule has 30 heavy (non-hydrogen) atoms. The van der Waals surface area contributed by atoms with Crippen molar-refractivity contribution in [1.82, 2.24) is 14.5 Å². The number of ether oxygens (including phenoxy) is 1. The number of H-pyrrole nitrogens is 1. The molecule has 1 atom stereocenters. The summed E-state index contributed by atoms with van der Waals surface area (Å²) in [5.74, 6) is -0.352. The molecule has 5 nitrogen and oxygen atoms in total. The number of nitrogens with zero attached hydrogens (tertiary/aromatic N) is 2. The highest BCUT2D eigenvalue weighted by Crippen LogP contribution is 2.30. The van der Waals surface area contributed by atoms with Gasteiger partial charge in [-0.2, -0.15) is 0 Å². The third-order valence-electron chi connectivity index (χ3n) is 4.70. The first-order chi connectivity index (χ1) is 14.3. The van der Waals surface area contributed by atoms with Gasteiger partial charge in [-0.15, -0.1) is 13.2 Å². The molecule has 0 saturated heterocycles. The summed E-state index contributed by atoms with van der Waals surface area (Å²) in [5, 5.41) is 1.52. The lowest BCUT2D eigenvalue weighted by Gasteiger charge is -2.15. The van der Waals surface area contributed by atoms with Gasteiger partial charge in [0.1, 0.15) is 16.8 Å². The SMILES string of the molecule is CCC(C)Sc1nc2c([nH]c3ccccc32)c(=O)n1-c1ccc(OC(F)(F)F)cc1. The van der Waals surface area contributed by atoms with Crippen molar-refractivity contribution < 1.29 is 17.9 Å². The number of rotatable bonds is 5. The first-order valence-electron chi connectivity index (χ1n) is 9.33. The average molecular weight is 433 g/mol. The first-order valence-corrected chi connectivity index (χ1v) is 10.2. The third kappa shape index (κ3) is 3.89. The molecule has 156 valence electrons. The maximum absolute atomic E-state index is 13.4. The van der Waals surface area contributed by atoms with Gasteiger partial charge in [-0.3, -0.25) is 9.36 Å². The van der Waals surface area contributed by atoms with Crippen LogP contribution in [0.5, 0.6) is 5.75 Å². The molecular weight excluding hydrogens is 415 g/mol. The Morgan fingerprint density at radius 3 is 2.53 bits per heavy atom. The van der Waals surface area contributed by atoms with Crippen molar-refractivity contribution in [1.29, 1.82) is 0 Å². The number of alkyl halides is 3. The van der Waals surface area contributed by atoms with Crippen LogP contribution in [-0.2, 0) is 0 Å². The van der Waals surface area contributed by atoms with E-state index in [1.165, 1.54) is 40.6 Å². The van der Waals surface area contributed by atoms with Gasteiger partial charge in [0.2, 0.25) is 0 Å². The Kier molecular flexibility index (Phi) is 5.23. The maximum Gasteiger partial charge on any atom is 0.573 e. The van der Waals surface area contributed by atoms with E-state index in [2.05, 4.69) is 9.72 Å². The molecule has 2 aromatic heterocycles. The van der Waals surface area contributed by atoms with Crippen molar-refractivity contribution in [2.24, 2.45) is 0 Å². The Hall–Kier alpha value is -2.94. The van der Waals surface area contributed by atoms with E-state index in [0.717, 1.165) is 17.3 Å². The number of hydrogen-bond donors (Lipinski definition) is 1. The van der Waals surface area contributed by atoms with Crippen LogP contribution in [0.15, 0.2) is 58.5 Å². The third-order valence-corrected chi connectivity index (χ3v) is 5.92. The van der Waals surface area contributed by atoms with Crippen LogP contribution in [-0.4, -0.2) is 26.1 Å². The van der Waals surface area contributed by atoms with Gasteiger partial charge in [-0.1, -0.05) is 43.8 Å². The van der Waals surface area contributed by atoms with Gasteiger partial charge in [-0.05, 0) is 36.8 Å². The molecule has 1 unspecified atom stereocenters. The van der Waals surface area contributed by atoms with E-state index in [-0.39, 0.29) is 16.6 Å². The molecule has 0 aliphatic carbocycles. The van der Waals surface area contributed by atoms with Crippen LogP contribution in [0.2, 0.25) is 0 Å². The molecule has 0 bridgehead atoms. The van der Waals surface area contributed by atoms with Gasteiger partial charge < -0.3 is 9.72 Å². The zero-order valence-electron chi connectivity index (χ0n) is 16.2. The minimum absolute atomic E-state index is 0.193. The summed E-state index contributed by atoms with van der Waals surface area (Å²) in [6, 6.07) is 12.7. The Balaban J connectivity index is 1.90. The summed E-state index contributed by atoms with van der Waals surface area (Å²) < 4.78 is 42.7. The monoisotopic (exact) mass is 433 g/mol. The van der Waals surface area contributed by atoms with E-state index in [0.29, 0.717) is 21.9 Å². The second kappa shape index (κ2) is 7.71. The number of aromatic amines is 1. The fraction of sp³-hybridized carbons (Fsp3) is 0.238. The lowest BCUT2D eigenvalue weighted by Crippen LogP contribution is -2.22. The molecule has 2 aromatic carbocycles. The highest BCUT2D eigenvalue weighted by molar-refractivity contribution is 7.99. The predicted molar refractivity (Wildman–Crippen MR) is 111 cm³/mol. The van der Waals surface area contributed by atoms with Crippen molar-refractivity contribution in [2.45, 2.75) is 37.0 Å². The highest BCUT2D eigenvalue weighted by Gasteiger charge is 2.31. The molecule has 2 heterocycles. The summed E-state index contributed by atoms with van der Waals surface area (Å²) in [5.41, 5.74) is 1.82. The van der Waals surface area contributed by atoms with E-state index in [9.17, 15) is 18.0 Å². The molecule has 4 aromatic rings. The summed E-state index contributed by atoms with van der Waals surface area (Å²) in [7, 11) is 0. The summed E-state index contributed by atoms with van der Waals surface area (Å²) in [4.78, 5) is 21.2. The predicted octanol–water partition coefficient (Wildman–Crippen LogP) is 5.66. The number of para-hydroxylation sites is 1. The second-order valence-electron chi connectivity index (χ2n) is 6.81. The van der Waals surface area contributed by atoms with E-state index in [1.54, 1.807) is 0 Å². The number of aromatic nitrogens is 3. The normalized spacial score (nSPS) is 13.1. The highest BCUT2D eigenvalue weighted by atomic mass is 32.2. The summed E-state index contributed by atoms with van der Waals surface area (Å²) in [6.45, 7) is 4.06. The van der Waals surface area contributed by atoms with Crippen molar-refractivity contribution in [3.05, 3.63) is 58.9 Å². The first kappa shape index (κ1) is 20.3. The molecular formula is C21H18F3N3O2S. The van der Waals surface area contributed by atoms with Crippen LogP contribution in [0.1, 0.15) is 20.3 Å². The smallest absolute Gasteiger partial charge is 0.406 e. The van der Waals surface area contributed by atoms with Gasteiger partial charge in [0.05, 0.1) is 5.69 Å². The number of fused-ring (bicyclic) bond motifs is 3. The lowest BCUT2D eigenvalue weighted by molar-refractivity contribution is -0.274. The fourth-order valence-corrected chi connectivity index (χ4v) is 4.07. The van der Waals surface area contributed by atoms with Gasteiger partial charge in [0.25, 0.3) is 5.56 Å². The molecule has 4 rings (SSSR count). The zero-order valence-corrected chi connectivity index (χ0v) is 17.0. The van der Waals surface area contributed by atoms with Gasteiger partial charge in [0.15, 0.2) is 5.16 Å². The standard InChI is InChI=1S/C21H18F3N3O2S/c1-3-12(2)30-20-26-17-15-6-4-5-7-16(15)25-18(17)19(28)27(20)13-8-10-14(11-9-13)29-21(22,23)24/h4-12,25H,3H2,1-2H3. The number of hydrogen-bond acceptors (Lipinski definition) is 4. The van der Waals surface area contributed by atoms with E-state index in [4.69, 9.17) is 4.98 Å². The van der Waals surface area contributed by atoms with Gasteiger partial charge in [0, 0.05) is 16.2 Å². The Morgan fingerprint density at radius 2 is 1.87 bits per heavy atom. The fourth-order valence-electron chi connectivity index (χ4n) is 3.11. The lowest BCUT2D eigenvalue weighted by atomic mass is 10.2. The molecule has 0 fully saturated rings. The second-order valence-corrected chi connectivity index (χ2v) is 8.21. The van der Waals surface area contributed by atoms with Crippen molar-refractivity contribution in [2.75, 3.05) is 0 Å². The molecule has 0 spiro atoms. The van der Waals surface area contributed by atoms with Crippen molar-refractivity contribution in [3.8, 4) is 11.4 Å². The molecule has 0 saturated carbocycles. The molecule has 0 radical (unpaired) electrons. The zero-order chi connectivity index (χ0) is 21.5. The van der Waals surface area contributed by atoms with Crippen LogP contribution in [0.4, 0.5) is 13.2 Å². The quantitative estimate of drug-likeness (QED) is 0.326. The number of thioether (sulfide) groups is 1. The molecule has 9 heteroatoms. The van der Waals surface area contributed by atoms with Crippen LogP contribution in [0, 0.1) is 0 Å². The number of halogens is 3. The van der Waals surface area contributed by atoms with Crippen LogP contribution >= 0.6 is 11.8 Å². The molecule has 0 aliphatic heterocycles. The Morgan fingerprint density at radius 1 is 1.17 bits per heavy atom. The van der Waals surface area contributed by atoms with E-state index < -0.39 is 6.36 Å². The topological polar surface area (TPSA) is 59.9 Å². The summed E-state index contributed by atoms with van der Waals surface area (Å²) >= 11 is 1.45. The Bertz CT molecular complexity index is 1260. The van der Waals surface area contributed by atoms with E-state index >= 15 is 0 Å². The molecule has 0 amide bonds. The van der Waals surface area contributed by atoms with E-state index in [1.807, 2.05) is 38.1 Å². The van der Waals surface area contributed by atoms with Gasteiger partial charge in [-0.25, -0.2) is 4.98 Å². The number of nitrogens with one attached hydrogen (secondary N) is 1. The minimum atomic E-state index is -4.78. The summed E-state index contributed by atoms with van der Waals surface area (Å²) in [6.07, 6.45) is -3.91. The molecule has 0 aliphatic rings. The number of benzene rings is 2. The Labute approximate surface area is 173 Å². The van der Waals surface area contributed by atoms with Crippen LogP contribution in [0.25, 0.3) is 27.6 Å².